The maximum atomic E-state index is 3.83. The lowest BCUT2D eigenvalue weighted by Gasteiger charge is -2.30. The van der Waals surface area contributed by atoms with Crippen LogP contribution in [0, 0.1) is 0 Å². The molecule has 0 bridgehead atoms. The third kappa shape index (κ3) is 3.75. The summed E-state index contributed by atoms with van der Waals surface area (Å²) in [7, 11) is 0. The minimum atomic E-state index is 0.515. The zero-order valence-electron chi connectivity index (χ0n) is 11.7. The summed E-state index contributed by atoms with van der Waals surface area (Å²) in [5.74, 6) is 0. The molecule has 1 aromatic rings. The smallest absolute Gasteiger partial charge is 0.0388 e. The summed E-state index contributed by atoms with van der Waals surface area (Å²) in [4.78, 5) is 3.00. The van der Waals surface area contributed by atoms with E-state index >= 15 is 0 Å². The lowest BCUT2D eigenvalue weighted by molar-refractivity contribution is 0.355. The van der Waals surface area contributed by atoms with E-state index in [0.29, 0.717) is 6.04 Å². The standard InChI is InChI=1S/C15H25NS2/c1-4-13-8-9-15(18-13)11(2)16-12-6-5-7-14(10-12)17-3/h8-9,11-12,14,16H,4-7,10H2,1-3H3. The molecule has 0 spiro atoms. The van der Waals surface area contributed by atoms with Crippen LogP contribution in [0.15, 0.2) is 12.1 Å². The predicted molar refractivity (Wildman–Crippen MR) is 84.8 cm³/mol. The molecule has 0 aliphatic heterocycles. The first kappa shape index (κ1) is 14.4. The second-order valence-electron chi connectivity index (χ2n) is 5.27. The van der Waals surface area contributed by atoms with Crippen molar-refractivity contribution in [2.24, 2.45) is 0 Å². The van der Waals surface area contributed by atoms with Gasteiger partial charge in [-0.2, -0.15) is 11.8 Å². The molecule has 2 rings (SSSR count). The third-order valence-electron chi connectivity index (χ3n) is 3.90. The topological polar surface area (TPSA) is 12.0 Å². The van der Waals surface area contributed by atoms with Gasteiger partial charge in [0.2, 0.25) is 0 Å². The molecule has 1 heterocycles. The Morgan fingerprint density at radius 3 is 2.94 bits per heavy atom. The van der Waals surface area contributed by atoms with E-state index in [0.717, 1.165) is 17.7 Å². The van der Waals surface area contributed by atoms with E-state index < -0.39 is 0 Å². The molecule has 1 nitrogen and oxygen atoms in total. The van der Waals surface area contributed by atoms with Crippen LogP contribution < -0.4 is 5.32 Å². The summed E-state index contributed by atoms with van der Waals surface area (Å²) in [5, 5.41) is 4.71. The second-order valence-corrected chi connectivity index (χ2v) is 7.61. The van der Waals surface area contributed by atoms with Crippen LogP contribution in [0.2, 0.25) is 0 Å². The zero-order chi connectivity index (χ0) is 13.0. The van der Waals surface area contributed by atoms with Crippen molar-refractivity contribution in [1.29, 1.82) is 0 Å². The molecular formula is C15H25NS2. The van der Waals surface area contributed by atoms with Crippen LogP contribution >= 0.6 is 23.1 Å². The van der Waals surface area contributed by atoms with Gasteiger partial charge in [-0.25, -0.2) is 0 Å². The Bertz CT molecular complexity index is 361. The molecule has 1 aliphatic carbocycles. The highest BCUT2D eigenvalue weighted by molar-refractivity contribution is 7.99. The van der Waals surface area contributed by atoms with Gasteiger partial charge in [-0.05, 0) is 51.0 Å². The maximum Gasteiger partial charge on any atom is 0.0388 e. The summed E-state index contributed by atoms with van der Waals surface area (Å²) in [6, 6.07) is 5.82. The van der Waals surface area contributed by atoms with Crippen LogP contribution in [-0.2, 0) is 6.42 Å². The van der Waals surface area contributed by atoms with Gasteiger partial charge in [0.15, 0.2) is 0 Å². The molecule has 1 N–H and O–H groups in total. The van der Waals surface area contributed by atoms with Crippen molar-refractivity contribution in [3.63, 3.8) is 0 Å². The van der Waals surface area contributed by atoms with E-state index in [1.807, 2.05) is 23.1 Å². The average Bonchev–Trinajstić information content (AvgIpc) is 2.88. The van der Waals surface area contributed by atoms with Gasteiger partial charge in [-0.15, -0.1) is 11.3 Å². The molecule has 1 saturated carbocycles. The predicted octanol–water partition coefficient (Wildman–Crippen LogP) is 4.64. The van der Waals surface area contributed by atoms with E-state index in [-0.39, 0.29) is 0 Å². The number of rotatable bonds is 5. The van der Waals surface area contributed by atoms with Gasteiger partial charge in [0.25, 0.3) is 0 Å². The third-order valence-corrected chi connectivity index (χ3v) is 6.41. The lowest BCUT2D eigenvalue weighted by atomic mass is 9.94. The van der Waals surface area contributed by atoms with Gasteiger partial charge in [0.1, 0.15) is 0 Å². The Kier molecular flexibility index (Phi) is 5.58. The van der Waals surface area contributed by atoms with E-state index in [1.54, 1.807) is 0 Å². The van der Waals surface area contributed by atoms with Gasteiger partial charge in [-0.1, -0.05) is 13.3 Å². The van der Waals surface area contributed by atoms with Crippen molar-refractivity contribution in [3.05, 3.63) is 21.9 Å². The fourth-order valence-electron chi connectivity index (χ4n) is 2.76. The summed E-state index contributed by atoms with van der Waals surface area (Å²) < 4.78 is 0. The van der Waals surface area contributed by atoms with E-state index in [4.69, 9.17) is 0 Å². The Balaban J connectivity index is 1.88. The van der Waals surface area contributed by atoms with Crippen molar-refractivity contribution in [2.45, 2.75) is 63.3 Å². The highest BCUT2D eigenvalue weighted by Crippen LogP contribution is 2.30. The van der Waals surface area contributed by atoms with Crippen LogP contribution in [0.4, 0.5) is 0 Å². The van der Waals surface area contributed by atoms with Crippen molar-refractivity contribution in [2.75, 3.05) is 6.26 Å². The van der Waals surface area contributed by atoms with Crippen LogP contribution in [0.25, 0.3) is 0 Å². The molecule has 1 aromatic heterocycles. The van der Waals surface area contributed by atoms with Gasteiger partial charge in [0, 0.05) is 27.1 Å². The van der Waals surface area contributed by atoms with Crippen LogP contribution in [0.5, 0.6) is 0 Å². The van der Waals surface area contributed by atoms with Gasteiger partial charge < -0.3 is 5.32 Å². The number of hydrogen-bond acceptors (Lipinski definition) is 3. The SMILES string of the molecule is CCc1ccc(C(C)NC2CCCC(SC)C2)s1. The second kappa shape index (κ2) is 6.97. The Morgan fingerprint density at radius 1 is 1.44 bits per heavy atom. The Morgan fingerprint density at radius 2 is 2.28 bits per heavy atom. The molecule has 3 heteroatoms. The summed E-state index contributed by atoms with van der Waals surface area (Å²) >= 11 is 4.01. The number of hydrogen-bond donors (Lipinski definition) is 1. The van der Waals surface area contributed by atoms with Crippen molar-refractivity contribution >= 4 is 23.1 Å². The van der Waals surface area contributed by atoms with E-state index in [2.05, 4.69) is 37.6 Å². The molecule has 18 heavy (non-hydrogen) atoms. The van der Waals surface area contributed by atoms with E-state index in [1.165, 1.54) is 35.4 Å². The minimum absolute atomic E-state index is 0.515. The first-order chi connectivity index (χ1) is 8.72. The molecule has 1 aliphatic rings. The van der Waals surface area contributed by atoms with Crippen molar-refractivity contribution < 1.29 is 0 Å². The summed E-state index contributed by atoms with van der Waals surface area (Å²) in [6.07, 6.45) is 8.91. The Hall–Kier alpha value is 0.01000. The zero-order valence-corrected chi connectivity index (χ0v) is 13.4. The highest BCUT2D eigenvalue weighted by Gasteiger charge is 2.22. The average molecular weight is 284 g/mol. The van der Waals surface area contributed by atoms with Crippen LogP contribution in [0.3, 0.4) is 0 Å². The molecule has 0 aromatic carbocycles. The Labute approximate surface area is 120 Å². The summed E-state index contributed by atoms with van der Waals surface area (Å²) in [5.41, 5.74) is 0. The van der Waals surface area contributed by atoms with Gasteiger partial charge in [0.05, 0.1) is 0 Å². The van der Waals surface area contributed by atoms with Crippen LogP contribution in [-0.4, -0.2) is 17.5 Å². The van der Waals surface area contributed by atoms with Crippen molar-refractivity contribution in [1.82, 2.24) is 5.32 Å². The fraction of sp³-hybridized carbons (Fsp3) is 0.733. The minimum Gasteiger partial charge on any atom is -0.307 e. The first-order valence-electron chi connectivity index (χ1n) is 7.10. The van der Waals surface area contributed by atoms with Crippen LogP contribution in [0.1, 0.15) is 55.3 Å². The maximum absolute atomic E-state index is 3.83. The lowest BCUT2D eigenvalue weighted by Crippen LogP contribution is -2.36. The fourth-order valence-corrected chi connectivity index (χ4v) is 4.55. The number of thiophene rings is 1. The normalized spacial score (nSPS) is 26.2. The monoisotopic (exact) mass is 283 g/mol. The number of aryl methyl sites for hydroxylation is 1. The van der Waals surface area contributed by atoms with E-state index in [9.17, 15) is 0 Å². The molecule has 102 valence electrons. The molecule has 0 saturated heterocycles. The van der Waals surface area contributed by atoms with Gasteiger partial charge in [-0.3, -0.25) is 0 Å². The number of nitrogens with one attached hydrogen (secondary N) is 1. The summed E-state index contributed by atoms with van der Waals surface area (Å²) in [6.45, 7) is 4.55. The number of thioether (sulfide) groups is 1. The largest absolute Gasteiger partial charge is 0.307 e. The quantitative estimate of drug-likeness (QED) is 0.845. The molecule has 0 radical (unpaired) electrons. The molecule has 3 unspecified atom stereocenters. The van der Waals surface area contributed by atoms with Gasteiger partial charge >= 0.3 is 0 Å². The van der Waals surface area contributed by atoms with Crippen molar-refractivity contribution in [3.8, 4) is 0 Å². The first-order valence-corrected chi connectivity index (χ1v) is 9.20. The molecule has 3 atom stereocenters. The molecular weight excluding hydrogens is 258 g/mol. The highest BCUT2D eigenvalue weighted by atomic mass is 32.2. The molecule has 1 fully saturated rings. The molecule has 0 amide bonds.